The second-order valence-electron chi connectivity index (χ2n) is 3.27. The van der Waals surface area contributed by atoms with Gasteiger partial charge in [0.15, 0.2) is 0 Å². The Kier molecular flexibility index (Phi) is 3.29. The summed E-state index contributed by atoms with van der Waals surface area (Å²) in [6.45, 7) is 3.65. The summed E-state index contributed by atoms with van der Waals surface area (Å²) >= 11 is 0. The van der Waals surface area contributed by atoms with Gasteiger partial charge >= 0.3 is 0 Å². The van der Waals surface area contributed by atoms with Gasteiger partial charge in [0.05, 0.1) is 0 Å². The molecule has 1 radical (unpaired) electrons. The fraction of sp³-hybridized carbons (Fsp3) is 0.667. The maximum Gasteiger partial charge on any atom is 0.295 e. The van der Waals surface area contributed by atoms with Crippen LogP contribution in [0, 0.1) is 5.92 Å². The number of hydrogen-bond acceptors (Lipinski definition) is 2. The number of nitrogens with zero attached hydrogens (tertiary/aromatic N) is 1. The van der Waals surface area contributed by atoms with Crippen LogP contribution >= 0.6 is 0 Å². The largest absolute Gasteiger partial charge is 0.295 e. The van der Waals surface area contributed by atoms with Crippen LogP contribution in [-0.4, -0.2) is 11.1 Å². The Bertz CT molecular complexity index is 183. The molecular formula is C9H14NO2. The molecular weight excluding hydrogens is 154 g/mol. The molecule has 1 rings (SSSR count). The minimum absolute atomic E-state index is 0.252. The summed E-state index contributed by atoms with van der Waals surface area (Å²) in [6.07, 6.45) is 5.58. The monoisotopic (exact) mass is 168 g/mol. The van der Waals surface area contributed by atoms with Gasteiger partial charge in [-0.1, -0.05) is 31.3 Å². The maximum absolute atomic E-state index is 10.9. The van der Waals surface area contributed by atoms with Crippen LogP contribution in [0.25, 0.3) is 0 Å². The first kappa shape index (κ1) is 9.26. The zero-order chi connectivity index (χ0) is 8.97. The zero-order valence-corrected chi connectivity index (χ0v) is 7.12. The van der Waals surface area contributed by atoms with Crippen molar-refractivity contribution in [2.24, 2.45) is 5.92 Å². The summed E-state index contributed by atoms with van der Waals surface area (Å²) in [4.78, 5) is 10.9. The first-order chi connectivity index (χ1) is 5.75. The van der Waals surface area contributed by atoms with Gasteiger partial charge in [-0.2, -0.15) is 0 Å². The molecule has 0 aromatic rings. The Morgan fingerprint density at radius 3 is 2.42 bits per heavy atom. The number of hydrogen-bond donors (Lipinski definition) is 1. The topological polar surface area (TPSA) is 51.4 Å². The molecule has 0 unspecified atom stereocenters. The summed E-state index contributed by atoms with van der Waals surface area (Å²) in [7, 11) is 0. The summed E-state index contributed by atoms with van der Waals surface area (Å²) in [5.41, 5.74) is 3.09. The van der Waals surface area contributed by atoms with Gasteiger partial charge in [0.25, 0.3) is 5.91 Å². The van der Waals surface area contributed by atoms with Crippen molar-refractivity contribution in [2.45, 2.75) is 32.1 Å². The van der Waals surface area contributed by atoms with Gasteiger partial charge in [-0.25, -0.2) is 0 Å². The van der Waals surface area contributed by atoms with Crippen LogP contribution in [0.15, 0.2) is 12.2 Å². The van der Waals surface area contributed by atoms with E-state index >= 15 is 0 Å². The van der Waals surface area contributed by atoms with Crippen LogP contribution in [-0.2, 0) is 4.79 Å². The fourth-order valence-electron chi connectivity index (χ4n) is 1.69. The number of amides is 1. The van der Waals surface area contributed by atoms with E-state index in [0.717, 1.165) is 25.7 Å². The lowest BCUT2D eigenvalue weighted by atomic mass is 9.84. The number of hydroxylamine groups is 1. The molecule has 3 nitrogen and oxygen atoms in total. The Labute approximate surface area is 72.4 Å². The van der Waals surface area contributed by atoms with E-state index in [2.05, 4.69) is 12.1 Å². The van der Waals surface area contributed by atoms with Gasteiger partial charge in [0.2, 0.25) is 0 Å². The Balaban J connectivity index is 2.45. The van der Waals surface area contributed by atoms with Crippen molar-refractivity contribution in [1.29, 1.82) is 0 Å². The highest BCUT2D eigenvalue weighted by molar-refractivity contribution is 5.92. The molecule has 1 N–H and O–H groups in total. The quantitative estimate of drug-likeness (QED) is 0.387. The van der Waals surface area contributed by atoms with Crippen molar-refractivity contribution in [2.75, 3.05) is 0 Å². The number of rotatable bonds is 2. The molecule has 0 bridgehead atoms. The van der Waals surface area contributed by atoms with Crippen molar-refractivity contribution in [3.05, 3.63) is 12.2 Å². The highest BCUT2D eigenvalue weighted by Gasteiger charge is 2.21. The van der Waals surface area contributed by atoms with Gasteiger partial charge in [-0.05, 0) is 18.8 Å². The third-order valence-electron chi connectivity index (χ3n) is 2.46. The maximum atomic E-state index is 10.9. The highest BCUT2D eigenvalue weighted by atomic mass is 16.5. The third kappa shape index (κ3) is 2.08. The molecule has 1 fully saturated rings. The van der Waals surface area contributed by atoms with Crippen molar-refractivity contribution in [3.8, 4) is 0 Å². The Hall–Kier alpha value is -0.830. The van der Waals surface area contributed by atoms with Crippen LogP contribution in [0.2, 0.25) is 0 Å². The lowest BCUT2D eigenvalue weighted by Gasteiger charge is -2.21. The van der Waals surface area contributed by atoms with Gasteiger partial charge in [0, 0.05) is 5.57 Å². The van der Waals surface area contributed by atoms with Crippen molar-refractivity contribution >= 4 is 5.91 Å². The van der Waals surface area contributed by atoms with Crippen LogP contribution < -0.4 is 5.48 Å². The zero-order valence-electron chi connectivity index (χ0n) is 7.12. The predicted octanol–water partition coefficient (Wildman–Crippen LogP) is 1.64. The predicted molar refractivity (Wildman–Crippen MR) is 44.6 cm³/mol. The average molecular weight is 168 g/mol. The molecule has 0 atom stereocenters. The lowest BCUT2D eigenvalue weighted by Crippen LogP contribution is -2.21. The molecule has 1 aliphatic carbocycles. The van der Waals surface area contributed by atoms with E-state index in [0.29, 0.717) is 5.57 Å². The lowest BCUT2D eigenvalue weighted by molar-refractivity contribution is -0.126. The first-order valence-corrected chi connectivity index (χ1v) is 4.34. The molecule has 1 saturated carbocycles. The summed E-state index contributed by atoms with van der Waals surface area (Å²) in [5.74, 6) is -0.302. The van der Waals surface area contributed by atoms with Gasteiger partial charge in [-0.15, -0.1) is 0 Å². The van der Waals surface area contributed by atoms with Gasteiger partial charge < -0.3 is 0 Å². The number of carbonyl (C=O) groups excluding carboxylic acids is 1. The molecule has 0 saturated heterocycles. The molecule has 12 heavy (non-hydrogen) atoms. The SMILES string of the molecule is C=C(C(=O)[N]O)C1CCCCC1. The Morgan fingerprint density at radius 2 is 1.92 bits per heavy atom. The van der Waals surface area contributed by atoms with Crippen LogP contribution in [0.1, 0.15) is 32.1 Å². The molecule has 1 amide bonds. The highest BCUT2D eigenvalue weighted by Crippen LogP contribution is 2.28. The van der Waals surface area contributed by atoms with E-state index in [4.69, 9.17) is 5.21 Å². The second kappa shape index (κ2) is 4.26. The van der Waals surface area contributed by atoms with Crippen molar-refractivity contribution in [3.63, 3.8) is 0 Å². The summed E-state index contributed by atoms with van der Waals surface area (Å²) < 4.78 is 0. The van der Waals surface area contributed by atoms with E-state index in [9.17, 15) is 4.79 Å². The molecule has 3 heteroatoms. The summed E-state index contributed by atoms with van der Waals surface area (Å²) in [5, 5.41) is 8.25. The minimum atomic E-state index is -0.554. The first-order valence-electron chi connectivity index (χ1n) is 4.34. The minimum Gasteiger partial charge on any atom is -0.265 e. The van der Waals surface area contributed by atoms with E-state index in [1.165, 1.54) is 6.42 Å². The molecule has 0 heterocycles. The second-order valence-corrected chi connectivity index (χ2v) is 3.27. The summed E-state index contributed by atoms with van der Waals surface area (Å²) in [6, 6.07) is 0. The molecule has 67 valence electrons. The smallest absolute Gasteiger partial charge is 0.265 e. The fourth-order valence-corrected chi connectivity index (χ4v) is 1.69. The van der Waals surface area contributed by atoms with Crippen molar-refractivity contribution < 1.29 is 10.0 Å². The van der Waals surface area contributed by atoms with Gasteiger partial charge in [-0.3, -0.25) is 10.0 Å². The number of carbonyl (C=O) groups is 1. The third-order valence-corrected chi connectivity index (χ3v) is 2.46. The molecule has 1 aliphatic rings. The molecule has 0 aromatic carbocycles. The molecule has 0 aromatic heterocycles. The standard InChI is InChI=1S/C9H14NO2/c1-7(9(11)10-12)8-5-3-2-4-6-8/h8,12H,1-6H2. The van der Waals surface area contributed by atoms with E-state index < -0.39 is 5.91 Å². The Morgan fingerprint density at radius 1 is 1.33 bits per heavy atom. The van der Waals surface area contributed by atoms with Crippen LogP contribution in [0.4, 0.5) is 0 Å². The molecule has 0 aliphatic heterocycles. The van der Waals surface area contributed by atoms with Crippen LogP contribution in [0.3, 0.4) is 0 Å². The van der Waals surface area contributed by atoms with Crippen LogP contribution in [0.5, 0.6) is 0 Å². The average Bonchev–Trinajstić information content (AvgIpc) is 2.17. The normalized spacial score (nSPS) is 18.8. The van der Waals surface area contributed by atoms with E-state index in [1.807, 2.05) is 0 Å². The van der Waals surface area contributed by atoms with Crippen molar-refractivity contribution in [1.82, 2.24) is 5.48 Å². The van der Waals surface area contributed by atoms with Gasteiger partial charge in [0.1, 0.15) is 0 Å². The van der Waals surface area contributed by atoms with E-state index in [1.54, 1.807) is 0 Å². The molecule has 0 spiro atoms. The van der Waals surface area contributed by atoms with E-state index in [-0.39, 0.29) is 5.92 Å².